The summed E-state index contributed by atoms with van der Waals surface area (Å²) in [6.07, 6.45) is -4.38. The van der Waals surface area contributed by atoms with Crippen LogP contribution in [0.4, 0.5) is 24.5 Å². The van der Waals surface area contributed by atoms with Crippen molar-refractivity contribution in [3.63, 3.8) is 0 Å². The number of halogens is 3. The van der Waals surface area contributed by atoms with E-state index >= 15 is 0 Å². The highest BCUT2D eigenvalue weighted by Crippen LogP contribution is 2.32. The van der Waals surface area contributed by atoms with Gasteiger partial charge in [-0.1, -0.05) is 23.8 Å². The highest BCUT2D eigenvalue weighted by atomic mass is 32.2. The van der Waals surface area contributed by atoms with Crippen molar-refractivity contribution in [2.24, 2.45) is 0 Å². The lowest BCUT2D eigenvalue weighted by Gasteiger charge is -2.11. The zero-order valence-electron chi connectivity index (χ0n) is 15.8. The zero-order valence-corrected chi connectivity index (χ0v) is 16.6. The van der Waals surface area contributed by atoms with Crippen LogP contribution < -0.4 is 10.0 Å². The van der Waals surface area contributed by atoms with Crippen molar-refractivity contribution >= 4 is 29.2 Å². The molecule has 0 aromatic heterocycles. The second-order valence-electron chi connectivity index (χ2n) is 6.58. The van der Waals surface area contributed by atoms with Gasteiger partial charge in [0.05, 0.1) is 5.56 Å². The maximum atomic E-state index is 12.8. The standard InChI is InChI=1S/C22H19F3N2OS/c1-14-6-11-20(15(2)12-14)26-21(28)16-7-9-19(10-8-16)29-27-18-5-3-4-17(13-18)22(23,24)25/h3-13,27H,1-2H3,(H,26,28). The molecule has 2 N–H and O–H groups in total. The first-order chi connectivity index (χ1) is 13.7. The Bertz CT molecular complexity index is 1020. The van der Waals surface area contributed by atoms with Crippen LogP contribution in [-0.4, -0.2) is 5.91 Å². The van der Waals surface area contributed by atoms with Crippen LogP contribution >= 0.6 is 11.9 Å². The molecule has 0 aliphatic rings. The molecule has 0 heterocycles. The van der Waals surface area contributed by atoms with Crippen LogP contribution in [0, 0.1) is 13.8 Å². The van der Waals surface area contributed by atoms with Crippen molar-refractivity contribution < 1.29 is 18.0 Å². The third kappa shape index (κ3) is 5.54. The number of hydrogen-bond donors (Lipinski definition) is 2. The molecular weight excluding hydrogens is 397 g/mol. The Morgan fingerprint density at radius 3 is 2.31 bits per heavy atom. The lowest BCUT2D eigenvalue weighted by molar-refractivity contribution is -0.137. The van der Waals surface area contributed by atoms with Crippen LogP contribution in [0.25, 0.3) is 0 Å². The molecule has 0 unspecified atom stereocenters. The summed E-state index contributed by atoms with van der Waals surface area (Å²) in [7, 11) is 0. The molecule has 3 aromatic rings. The van der Waals surface area contributed by atoms with Gasteiger partial charge in [-0.3, -0.25) is 4.79 Å². The average Bonchev–Trinajstić information content (AvgIpc) is 2.68. The minimum atomic E-state index is -4.38. The van der Waals surface area contributed by atoms with Gasteiger partial charge in [-0.25, -0.2) is 0 Å². The van der Waals surface area contributed by atoms with Crippen LogP contribution in [-0.2, 0) is 6.18 Å². The SMILES string of the molecule is Cc1ccc(NC(=O)c2ccc(SNc3cccc(C(F)(F)F)c3)cc2)c(C)c1. The molecule has 0 radical (unpaired) electrons. The fourth-order valence-electron chi connectivity index (χ4n) is 2.70. The predicted molar refractivity (Wildman–Crippen MR) is 111 cm³/mol. The van der Waals surface area contributed by atoms with E-state index in [1.807, 2.05) is 32.0 Å². The first kappa shape index (κ1) is 20.8. The number of anilines is 2. The van der Waals surface area contributed by atoms with E-state index in [1.165, 1.54) is 18.0 Å². The largest absolute Gasteiger partial charge is 0.416 e. The molecular formula is C22H19F3N2OS. The van der Waals surface area contributed by atoms with Gasteiger partial charge in [0.25, 0.3) is 5.91 Å². The molecule has 0 bridgehead atoms. The first-order valence-corrected chi connectivity index (χ1v) is 9.63. The molecule has 29 heavy (non-hydrogen) atoms. The fourth-order valence-corrected chi connectivity index (χ4v) is 3.33. The Hall–Kier alpha value is -2.93. The number of alkyl halides is 3. The number of aryl methyl sites for hydroxylation is 2. The highest BCUT2D eigenvalue weighted by Gasteiger charge is 2.30. The summed E-state index contributed by atoms with van der Waals surface area (Å²) in [5.74, 6) is -0.223. The molecule has 0 aliphatic heterocycles. The second-order valence-corrected chi connectivity index (χ2v) is 7.46. The number of amides is 1. The van der Waals surface area contributed by atoms with Gasteiger partial charge in [-0.05, 0) is 79.9 Å². The smallest absolute Gasteiger partial charge is 0.326 e. The van der Waals surface area contributed by atoms with Gasteiger partial charge in [-0.2, -0.15) is 13.2 Å². The summed E-state index contributed by atoms with van der Waals surface area (Å²) in [4.78, 5) is 13.2. The summed E-state index contributed by atoms with van der Waals surface area (Å²) in [6, 6.07) is 17.6. The van der Waals surface area contributed by atoms with Crippen LogP contribution in [0.2, 0.25) is 0 Å². The maximum Gasteiger partial charge on any atom is 0.416 e. The first-order valence-electron chi connectivity index (χ1n) is 8.81. The van der Waals surface area contributed by atoms with E-state index in [0.29, 0.717) is 11.3 Å². The quantitative estimate of drug-likeness (QED) is 0.455. The zero-order chi connectivity index (χ0) is 21.0. The highest BCUT2D eigenvalue weighted by molar-refractivity contribution is 8.00. The summed E-state index contributed by atoms with van der Waals surface area (Å²) < 4.78 is 41.2. The summed E-state index contributed by atoms with van der Waals surface area (Å²) >= 11 is 1.17. The molecule has 3 rings (SSSR count). The molecule has 0 fully saturated rings. The van der Waals surface area contributed by atoms with E-state index in [9.17, 15) is 18.0 Å². The number of hydrogen-bond acceptors (Lipinski definition) is 3. The lowest BCUT2D eigenvalue weighted by Crippen LogP contribution is -2.12. The summed E-state index contributed by atoms with van der Waals surface area (Å²) in [5, 5.41) is 2.88. The number of rotatable bonds is 5. The van der Waals surface area contributed by atoms with Crippen LogP contribution in [0.3, 0.4) is 0 Å². The van der Waals surface area contributed by atoms with Gasteiger partial charge in [0.2, 0.25) is 0 Å². The Morgan fingerprint density at radius 1 is 0.931 bits per heavy atom. The van der Waals surface area contributed by atoms with Gasteiger partial charge in [0.15, 0.2) is 0 Å². The summed E-state index contributed by atoms with van der Waals surface area (Å²) in [5.41, 5.74) is 2.99. The molecule has 1 amide bonds. The van der Waals surface area contributed by atoms with Crippen molar-refractivity contribution in [1.82, 2.24) is 0 Å². The number of nitrogens with one attached hydrogen (secondary N) is 2. The van der Waals surface area contributed by atoms with Gasteiger partial charge in [-0.15, -0.1) is 0 Å². The van der Waals surface area contributed by atoms with Crippen molar-refractivity contribution in [3.05, 3.63) is 89.0 Å². The summed E-state index contributed by atoms with van der Waals surface area (Å²) in [6.45, 7) is 3.92. The van der Waals surface area contributed by atoms with E-state index in [2.05, 4.69) is 10.0 Å². The molecule has 3 aromatic carbocycles. The average molecular weight is 416 g/mol. The van der Waals surface area contributed by atoms with Crippen molar-refractivity contribution in [2.75, 3.05) is 10.0 Å². The minimum absolute atomic E-state index is 0.223. The van der Waals surface area contributed by atoms with Gasteiger partial charge in [0.1, 0.15) is 0 Å². The third-order valence-electron chi connectivity index (χ3n) is 4.22. The predicted octanol–water partition coefficient (Wildman–Crippen LogP) is 6.69. The van der Waals surface area contributed by atoms with Gasteiger partial charge in [0, 0.05) is 21.8 Å². The maximum absolute atomic E-state index is 12.8. The van der Waals surface area contributed by atoms with Crippen LogP contribution in [0.5, 0.6) is 0 Å². The molecule has 0 aliphatic carbocycles. The molecule has 3 nitrogen and oxygen atoms in total. The molecule has 0 saturated heterocycles. The van der Waals surface area contributed by atoms with Gasteiger partial charge < -0.3 is 10.0 Å². The normalized spacial score (nSPS) is 11.2. The Labute approximate surface area is 171 Å². The van der Waals surface area contributed by atoms with E-state index in [-0.39, 0.29) is 5.91 Å². The number of carbonyl (C=O) groups excluding carboxylic acids is 1. The van der Waals surface area contributed by atoms with E-state index in [4.69, 9.17) is 0 Å². The molecule has 0 spiro atoms. The topological polar surface area (TPSA) is 41.1 Å². The second kappa shape index (κ2) is 8.61. The van der Waals surface area contributed by atoms with Crippen molar-refractivity contribution in [2.45, 2.75) is 24.9 Å². The number of carbonyl (C=O) groups is 1. The minimum Gasteiger partial charge on any atom is -0.326 e. The Balaban J connectivity index is 1.62. The molecule has 0 atom stereocenters. The van der Waals surface area contributed by atoms with Crippen LogP contribution in [0.15, 0.2) is 71.6 Å². The molecule has 7 heteroatoms. The van der Waals surface area contributed by atoms with E-state index in [0.717, 1.165) is 33.8 Å². The van der Waals surface area contributed by atoms with E-state index in [1.54, 1.807) is 30.3 Å². The van der Waals surface area contributed by atoms with Crippen LogP contribution in [0.1, 0.15) is 27.0 Å². The van der Waals surface area contributed by atoms with Crippen molar-refractivity contribution in [3.8, 4) is 0 Å². The van der Waals surface area contributed by atoms with Crippen molar-refractivity contribution in [1.29, 1.82) is 0 Å². The number of benzene rings is 3. The molecule has 150 valence electrons. The van der Waals surface area contributed by atoms with E-state index < -0.39 is 11.7 Å². The lowest BCUT2D eigenvalue weighted by atomic mass is 10.1. The fraction of sp³-hybridized carbons (Fsp3) is 0.136. The Morgan fingerprint density at radius 2 is 1.66 bits per heavy atom. The monoisotopic (exact) mass is 416 g/mol. The van der Waals surface area contributed by atoms with Gasteiger partial charge >= 0.3 is 6.18 Å². The Kier molecular flexibility index (Phi) is 6.17. The molecule has 0 saturated carbocycles. The third-order valence-corrected chi connectivity index (χ3v) is 5.07.